The van der Waals surface area contributed by atoms with Crippen molar-refractivity contribution in [3.05, 3.63) is 35.9 Å². The topological polar surface area (TPSA) is 47.3 Å². The monoisotopic (exact) mass is 218 g/mol. The highest BCUT2D eigenvalue weighted by molar-refractivity contribution is 5.14. The van der Waals surface area contributed by atoms with Gasteiger partial charge in [-0.3, -0.25) is 4.90 Å². The van der Waals surface area contributed by atoms with Gasteiger partial charge in [-0.05, 0) is 12.5 Å². The van der Waals surface area contributed by atoms with Crippen molar-refractivity contribution in [3.63, 3.8) is 0 Å². The highest BCUT2D eigenvalue weighted by atomic mass is 16.3. The van der Waals surface area contributed by atoms with Crippen molar-refractivity contribution in [2.45, 2.75) is 25.9 Å². The molecule has 1 rings (SSSR count). The maximum atomic E-state index is 9.01. The van der Waals surface area contributed by atoms with Crippen molar-refractivity contribution >= 4 is 0 Å². The fourth-order valence-electron chi connectivity index (χ4n) is 1.66. The van der Waals surface area contributed by atoms with E-state index in [4.69, 9.17) is 10.4 Å². The Labute approximate surface area is 96.9 Å². The average Bonchev–Trinajstić information content (AvgIpc) is 2.30. The van der Waals surface area contributed by atoms with Gasteiger partial charge >= 0.3 is 0 Å². The molecule has 0 aliphatic heterocycles. The van der Waals surface area contributed by atoms with E-state index >= 15 is 0 Å². The van der Waals surface area contributed by atoms with Gasteiger partial charge in [0.15, 0.2) is 0 Å². The van der Waals surface area contributed by atoms with Gasteiger partial charge in [0.05, 0.1) is 19.1 Å². The molecule has 1 aromatic rings. The van der Waals surface area contributed by atoms with Crippen LogP contribution in [0.4, 0.5) is 0 Å². The molecule has 0 heterocycles. The molecule has 1 N–H and O–H groups in total. The molecule has 0 aromatic heterocycles. The molecule has 0 saturated heterocycles. The van der Waals surface area contributed by atoms with Crippen LogP contribution in [-0.4, -0.2) is 29.2 Å². The average molecular weight is 218 g/mol. The SMILES string of the molecule is CC(CC#N)N(CCO)Cc1ccccc1. The summed E-state index contributed by atoms with van der Waals surface area (Å²) in [5, 5.41) is 17.7. The van der Waals surface area contributed by atoms with Crippen molar-refractivity contribution in [2.24, 2.45) is 0 Å². The van der Waals surface area contributed by atoms with Gasteiger partial charge in [-0.1, -0.05) is 30.3 Å². The standard InChI is InChI=1S/C13H18N2O/c1-12(7-8-14)15(9-10-16)11-13-5-3-2-4-6-13/h2-6,12,16H,7,9-11H2,1H3. The van der Waals surface area contributed by atoms with Crippen LogP contribution in [0, 0.1) is 11.3 Å². The number of benzene rings is 1. The van der Waals surface area contributed by atoms with Crippen LogP contribution in [0.5, 0.6) is 0 Å². The summed E-state index contributed by atoms with van der Waals surface area (Å²) in [7, 11) is 0. The van der Waals surface area contributed by atoms with E-state index in [0.717, 1.165) is 6.54 Å². The van der Waals surface area contributed by atoms with Gasteiger partial charge in [0, 0.05) is 19.1 Å². The van der Waals surface area contributed by atoms with Gasteiger partial charge in [0.25, 0.3) is 0 Å². The first-order valence-electron chi connectivity index (χ1n) is 5.53. The molecule has 3 nitrogen and oxygen atoms in total. The van der Waals surface area contributed by atoms with Crippen LogP contribution in [0.1, 0.15) is 18.9 Å². The molecule has 0 amide bonds. The summed E-state index contributed by atoms with van der Waals surface area (Å²) in [6, 6.07) is 12.5. The lowest BCUT2D eigenvalue weighted by atomic mass is 10.1. The summed E-state index contributed by atoms with van der Waals surface area (Å²) in [6.07, 6.45) is 0.493. The second-order valence-corrected chi connectivity index (χ2v) is 3.89. The Morgan fingerprint density at radius 2 is 2.06 bits per heavy atom. The largest absolute Gasteiger partial charge is 0.395 e. The Morgan fingerprint density at radius 1 is 1.38 bits per heavy atom. The van der Waals surface area contributed by atoms with Gasteiger partial charge in [0.2, 0.25) is 0 Å². The summed E-state index contributed by atoms with van der Waals surface area (Å²) in [5.74, 6) is 0. The van der Waals surface area contributed by atoms with Crippen LogP contribution >= 0.6 is 0 Å². The summed E-state index contributed by atoms with van der Waals surface area (Å²) in [6.45, 7) is 3.53. The fraction of sp³-hybridized carbons (Fsp3) is 0.462. The molecule has 3 heteroatoms. The van der Waals surface area contributed by atoms with E-state index in [-0.39, 0.29) is 12.6 Å². The highest BCUT2D eigenvalue weighted by Crippen LogP contribution is 2.09. The molecule has 1 unspecified atom stereocenters. The normalized spacial score (nSPS) is 12.4. The molecule has 0 fully saturated rings. The summed E-state index contributed by atoms with van der Waals surface area (Å²) in [5.41, 5.74) is 1.21. The molecule has 1 atom stereocenters. The second kappa shape index (κ2) is 7.00. The maximum absolute atomic E-state index is 9.01. The van der Waals surface area contributed by atoms with E-state index in [1.165, 1.54) is 5.56 Å². The molecule has 1 aromatic carbocycles. The Balaban J connectivity index is 2.61. The lowest BCUT2D eigenvalue weighted by Crippen LogP contribution is -2.34. The lowest BCUT2D eigenvalue weighted by molar-refractivity contribution is 0.152. The van der Waals surface area contributed by atoms with Crippen LogP contribution < -0.4 is 0 Å². The van der Waals surface area contributed by atoms with Crippen molar-refractivity contribution in [3.8, 4) is 6.07 Å². The van der Waals surface area contributed by atoms with E-state index in [1.54, 1.807) is 0 Å². The zero-order chi connectivity index (χ0) is 11.8. The Kier molecular flexibility index (Phi) is 5.55. The van der Waals surface area contributed by atoms with E-state index < -0.39 is 0 Å². The summed E-state index contributed by atoms with van der Waals surface area (Å²) < 4.78 is 0. The third-order valence-corrected chi connectivity index (χ3v) is 2.63. The number of hydrogen-bond acceptors (Lipinski definition) is 3. The Hall–Kier alpha value is -1.37. The number of hydrogen-bond donors (Lipinski definition) is 1. The van der Waals surface area contributed by atoms with Crippen molar-refractivity contribution < 1.29 is 5.11 Å². The molecule has 86 valence electrons. The van der Waals surface area contributed by atoms with E-state index in [1.807, 2.05) is 25.1 Å². The first kappa shape index (κ1) is 12.7. The molecule has 0 saturated carbocycles. The predicted molar refractivity (Wildman–Crippen MR) is 63.6 cm³/mol. The highest BCUT2D eigenvalue weighted by Gasteiger charge is 2.12. The first-order chi connectivity index (χ1) is 7.77. The van der Waals surface area contributed by atoms with E-state index in [9.17, 15) is 0 Å². The second-order valence-electron chi connectivity index (χ2n) is 3.89. The smallest absolute Gasteiger partial charge is 0.0638 e. The van der Waals surface area contributed by atoms with Crippen LogP contribution in [0.15, 0.2) is 30.3 Å². The third kappa shape index (κ3) is 4.01. The number of rotatable bonds is 6. The Morgan fingerprint density at radius 3 is 2.62 bits per heavy atom. The van der Waals surface area contributed by atoms with Crippen molar-refractivity contribution in [2.75, 3.05) is 13.2 Å². The molecular weight excluding hydrogens is 200 g/mol. The first-order valence-corrected chi connectivity index (χ1v) is 5.53. The Bertz CT molecular complexity index is 332. The van der Waals surface area contributed by atoms with Crippen LogP contribution in [-0.2, 0) is 6.54 Å². The minimum atomic E-state index is 0.128. The molecule has 0 radical (unpaired) electrons. The van der Waals surface area contributed by atoms with Gasteiger partial charge < -0.3 is 5.11 Å². The molecule has 0 spiro atoms. The number of nitriles is 1. The van der Waals surface area contributed by atoms with Crippen LogP contribution in [0.25, 0.3) is 0 Å². The number of nitrogens with zero attached hydrogens (tertiary/aromatic N) is 2. The fourth-order valence-corrected chi connectivity index (χ4v) is 1.66. The lowest BCUT2D eigenvalue weighted by Gasteiger charge is -2.26. The van der Waals surface area contributed by atoms with Crippen LogP contribution in [0.3, 0.4) is 0 Å². The summed E-state index contributed by atoms with van der Waals surface area (Å²) >= 11 is 0. The van der Waals surface area contributed by atoms with Gasteiger partial charge in [-0.25, -0.2) is 0 Å². The maximum Gasteiger partial charge on any atom is 0.0638 e. The summed E-state index contributed by atoms with van der Waals surface area (Å²) in [4.78, 5) is 2.12. The zero-order valence-corrected chi connectivity index (χ0v) is 9.63. The van der Waals surface area contributed by atoms with Gasteiger partial charge in [-0.15, -0.1) is 0 Å². The van der Waals surface area contributed by atoms with Crippen molar-refractivity contribution in [1.82, 2.24) is 4.90 Å². The molecular formula is C13H18N2O. The number of aliphatic hydroxyl groups excluding tert-OH is 1. The van der Waals surface area contributed by atoms with Crippen molar-refractivity contribution in [1.29, 1.82) is 5.26 Å². The zero-order valence-electron chi connectivity index (χ0n) is 9.63. The molecule has 0 bridgehead atoms. The third-order valence-electron chi connectivity index (χ3n) is 2.63. The minimum absolute atomic E-state index is 0.128. The van der Waals surface area contributed by atoms with E-state index in [0.29, 0.717) is 13.0 Å². The molecule has 16 heavy (non-hydrogen) atoms. The van der Waals surface area contributed by atoms with Gasteiger partial charge in [0.1, 0.15) is 0 Å². The number of aliphatic hydroxyl groups is 1. The van der Waals surface area contributed by atoms with E-state index in [2.05, 4.69) is 23.1 Å². The molecule has 0 aliphatic carbocycles. The van der Waals surface area contributed by atoms with Crippen LogP contribution in [0.2, 0.25) is 0 Å². The quantitative estimate of drug-likeness (QED) is 0.791. The molecule has 0 aliphatic rings. The predicted octanol–water partition coefficient (Wildman–Crippen LogP) is 1.78. The van der Waals surface area contributed by atoms with Gasteiger partial charge in [-0.2, -0.15) is 5.26 Å². The minimum Gasteiger partial charge on any atom is -0.395 e.